The monoisotopic (exact) mass is 372 g/mol. The van der Waals surface area contributed by atoms with Crippen LogP contribution >= 0.6 is 0 Å². The van der Waals surface area contributed by atoms with Gasteiger partial charge in [-0.05, 0) is 47.7 Å². The molecule has 2 heterocycles. The van der Waals surface area contributed by atoms with E-state index in [9.17, 15) is 13.9 Å². The van der Waals surface area contributed by atoms with Gasteiger partial charge in [-0.3, -0.25) is 0 Å². The van der Waals surface area contributed by atoms with Gasteiger partial charge >= 0.3 is 0 Å². The van der Waals surface area contributed by atoms with E-state index in [1.54, 1.807) is 24.3 Å². The predicted octanol–water partition coefficient (Wildman–Crippen LogP) is 4.61. The summed E-state index contributed by atoms with van der Waals surface area (Å²) in [5.74, 6) is -0.433. The molecule has 2 aromatic rings. The number of benzene rings is 2. The van der Waals surface area contributed by atoms with Gasteiger partial charge in [0, 0.05) is 25.7 Å². The van der Waals surface area contributed by atoms with Crippen molar-refractivity contribution in [2.75, 3.05) is 14.1 Å². The van der Waals surface area contributed by atoms with Crippen LogP contribution in [0.1, 0.15) is 43.2 Å². The van der Waals surface area contributed by atoms with E-state index in [1.807, 2.05) is 0 Å². The van der Waals surface area contributed by atoms with E-state index in [1.165, 1.54) is 37.1 Å². The highest BCUT2D eigenvalue weighted by Gasteiger charge is 2.50. The molecule has 2 aliphatic heterocycles. The Kier molecular flexibility index (Phi) is 4.59. The molecule has 0 aliphatic carbocycles. The highest BCUT2D eigenvalue weighted by atomic mass is 19.1. The Morgan fingerprint density at radius 3 is 1.85 bits per heavy atom. The molecule has 0 saturated carbocycles. The lowest BCUT2D eigenvalue weighted by Crippen LogP contribution is -2.55. The first-order valence-electron chi connectivity index (χ1n) is 9.87. The molecule has 0 aromatic heterocycles. The van der Waals surface area contributed by atoms with Crippen LogP contribution in [-0.4, -0.2) is 35.8 Å². The number of quaternary nitrogens is 1. The van der Waals surface area contributed by atoms with Gasteiger partial charge in [0.15, 0.2) is 0 Å². The van der Waals surface area contributed by atoms with Gasteiger partial charge in [0.2, 0.25) is 0 Å². The molecule has 2 bridgehead atoms. The fraction of sp³-hybridized carbons (Fsp3) is 0.478. The molecule has 2 atom stereocenters. The summed E-state index contributed by atoms with van der Waals surface area (Å²) in [7, 11) is 4.62. The molecule has 1 N–H and O–H groups in total. The molecule has 2 nitrogen and oxygen atoms in total. The first kappa shape index (κ1) is 18.6. The van der Waals surface area contributed by atoms with Crippen LogP contribution in [0.2, 0.25) is 0 Å². The van der Waals surface area contributed by atoms with Crippen LogP contribution in [0.25, 0.3) is 0 Å². The molecule has 2 aromatic carbocycles. The number of hydrogen-bond donors (Lipinski definition) is 1. The Labute approximate surface area is 160 Å². The van der Waals surface area contributed by atoms with E-state index >= 15 is 0 Å². The summed E-state index contributed by atoms with van der Waals surface area (Å²) in [6, 6.07) is 13.4. The van der Waals surface area contributed by atoms with Crippen molar-refractivity contribution >= 4 is 0 Å². The van der Waals surface area contributed by atoms with Gasteiger partial charge in [0.05, 0.1) is 26.2 Å². The maximum Gasteiger partial charge on any atom is 0.123 e. The zero-order valence-electron chi connectivity index (χ0n) is 16.0. The Balaban J connectivity index is 1.69. The summed E-state index contributed by atoms with van der Waals surface area (Å²) in [6.07, 6.45) is 5.05. The third-order valence-electron chi connectivity index (χ3n) is 7.11. The Morgan fingerprint density at radius 1 is 0.926 bits per heavy atom. The quantitative estimate of drug-likeness (QED) is 0.777. The molecule has 2 fully saturated rings. The van der Waals surface area contributed by atoms with Crippen LogP contribution in [0, 0.1) is 17.6 Å². The van der Waals surface area contributed by atoms with Gasteiger partial charge in [-0.2, -0.15) is 0 Å². The van der Waals surface area contributed by atoms with E-state index in [0.29, 0.717) is 35.5 Å². The SMILES string of the molecule is C[N+]1(C)C2CCC1CC(CC(O)(c1cccc(F)c1)c1cccc(F)c1)C2. The van der Waals surface area contributed by atoms with Crippen molar-refractivity contribution in [1.82, 2.24) is 0 Å². The number of aliphatic hydroxyl groups is 1. The van der Waals surface area contributed by atoms with Crippen LogP contribution in [0.15, 0.2) is 48.5 Å². The third kappa shape index (κ3) is 3.30. The molecule has 2 unspecified atom stereocenters. The van der Waals surface area contributed by atoms with E-state index in [4.69, 9.17) is 0 Å². The van der Waals surface area contributed by atoms with Crippen molar-refractivity contribution in [2.45, 2.75) is 49.8 Å². The fourth-order valence-corrected chi connectivity index (χ4v) is 5.47. The number of halogens is 2. The maximum absolute atomic E-state index is 13.9. The zero-order chi connectivity index (χ0) is 19.2. The average Bonchev–Trinajstić information content (AvgIpc) is 2.79. The van der Waals surface area contributed by atoms with E-state index < -0.39 is 5.60 Å². The molecule has 0 radical (unpaired) electrons. The minimum Gasteiger partial charge on any atom is -0.380 e. The molecule has 27 heavy (non-hydrogen) atoms. The van der Waals surface area contributed by atoms with Gasteiger partial charge < -0.3 is 9.59 Å². The van der Waals surface area contributed by atoms with Gasteiger partial charge in [0.25, 0.3) is 0 Å². The number of rotatable bonds is 4. The number of hydrogen-bond acceptors (Lipinski definition) is 1. The van der Waals surface area contributed by atoms with Crippen LogP contribution in [0.5, 0.6) is 0 Å². The predicted molar refractivity (Wildman–Crippen MR) is 102 cm³/mol. The topological polar surface area (TPSA) is 20.2 Å². The van der Waals surface area contributed by atoms with Crippen LogP contribution in [0.3, 0.4) is 0 Å². The Bertz CT molecular complexity index is 773. The second-order valence-corrected chi connectivity index (χ2v) is 8.94. The summed E-state index contributed by atoms with van der Waals surface area (Å²) in [5.41, 5.74) is -0.387. The fourth-order valence-electron chi connectivity index (χ4n) is 5.47. The molecule has 2 saturated heterocycles. The number of nitrogens with zero attached hydrogens (tertiary/aromatic N) is 1. The maximum atomic E-state index is 13.9. The van der Waals surface area contributed by atoms with Crippen LogP contribution < -0.4 is 0 Å². The van der Waals surface area contributed by atoms with Gasteiger partial charge in [-0.1, -0.05) is 24.3 Å². The molecule has 0 amide bonds. The van der Waals surface area contributed by atoms with Crippen LogP contribution in [0.4, 0.5) is 8.78 Å². The van der Waals surface area contributed by atoms with Crippen molar-refractivity contribution < 1.29 is 18.4 Å². The highest BCUT2D eigenvalue weighted by Crippen LogP contribution is 2.47. The lowest BCUT2D eigenvalue weighted by atomic mass is 9.75. The van der Waals surface area contributed by atoms with Crippen molar-refractivity contribution in [3.8, 4) is 0 Å². The Morgan fingerprint density at radius 2 is 1.41 bits per heavy atom. The summed E-state index contributed by atoms with van der Waals surface area (Å²) >= 11 is 0. The lowest BCUT2D eigenvalue weighted by Gasteiger charge is -2.46. The van der Waals surface area contributed by atoms with Crippen molar-refractivity contribution in [3.05, 3.63) is 71.3 Å². The van der Waals surface area contributed by atoms with Crippen LogP contribution in [-0.2, 0) is 5.60 Å². The number of fused-ring (bicyclic) bond motifs is 2. The van der Waals surface area contributed by atoms with Crippen molar-refractivity contribution in [2.24, 2.45) is 5.92 Å². The zero-order valence-corrected chi connectivity index (χ0v) is 16.0. The second-order valence-electron chi connectivity index (χ2n) is 8.94. The van der Waals surface area contributed by atoms with E-state index in [-0.39, 0.29) is 11.6 Å². The smallest absolute Gasteiger partial charge is 0.123 e. The summed E-state index contributed by atoms with van der Waals surface area (Å²) in [6.45, 7) is 0. The largest absolute Gasteiger partial charge is 0.380 e. The normalized spacial score (nSPS) is 26.9. The van der Waals surface area contributed by atoms with Gasteiger partial charge in [0.1, 0.15) is 17.2 Å². The van der Waals surface area contributed by atoms with Crippen molar-refractivity contribution in [1.29, 1.82) is 0 Å². The first-order chi connectivity index (χ1) is 12.8. The first-order valence-corrected chi connectivity index (χ1v) is 9.87. The minimum atomic E-state index is -1.39. The molecular formula is C23H28F2NO+. The summed E-state index contributed by atoms with van der Waals surface area (Å²) in [5, 5.41) is 11.7. The summed E-state index contributed by atoms with van der Waals surface area (Å²) < 4.78 is 28.9. The Hall–Kier alpha value is -1.78. The van der Waals surface area contributed by atoms with Gasteiger partial charge in [-0.25, -0.2) is 8.78 Å². The number of piperidine rings is 1. The van der Waals surface area contributed by atoms with E-state index in [2.05, 4.69) is 14.1 Å². The summed E-state index contributed by atoms with van der Waals surface area (Å²) in [4.78, 5) is 0. The molecular weight excluding hydrogens is 344 g/mol. The molecule has 2 aliphatic rings. The third-order valence-corrected chi connectivity index (χ3v) is 7.11. The average molecular weight is 372 g/mol. The molecule has 4 rings (SSSR count). The highest BCUT2D eigenvalue weighted by molar-refractivity contribution is 5.36. The molecule has 4 heteroatoms. The van der Waals surface area contributed by atoms with Crippen molar-refractivity contribution in [3.63, 3.8) is 0 Å². The van der Waals surface area contributed by atoms with Gasteiger partial charge in [-0.15, -0.1) is 0 Å². The molecule has 144 valence electrons. The lowest BCUT2D eigenvalue weighted by molar-refractivity contribution is -0.931. The minimum absolute atomic E-state index is 0.338. The second kappa shape index (κ2) is 6.68. The molecule has 0 spiro atoms. The van der Waals surface area contributed by atoms with E-state index in [0.717, 1.165) is 17.3 Å². The standard InChI is InChI=1S/C23H28F2NO/c1-26(2)21-9-10-22(26)12-16(11-21)15-23(27,17-5-3-7-19(24)13-17)18-6-4-8-20(25)14-18/h3-8,13-14,16,21-22,27H,9-12,15H2,1-2H3/q+1.